The molecule has 2 N–H and O–H groups in total. The first-order valence-corrected chi connectivity index (χ1v) is 7.39. The van der Waals surface area contributed by atoms with Crippen molar-refractivity contribution in [1.82, 2.24) is 0 Å². The molecule has 20 heavy (non-hydrogen) atoms. The molecule has 0 saturated heterocycles. The molecule has 1 fully saturated rings. The van der Waals surface area contributed by atoms with E-state index < -0.39 is 12.8 Å². The van der Waals surface area contributed by atoms with Crippen LogP contribution in [0.3, 0.4) is 0 Å². The van der Waals surface area contributed by atoms with Crippen molar-refractivity contribution in [2.75, 3.05) is 26.4 Å². The third kappa shape index (κ3) is 6.41. The van der Waals surface area contributed by atoms with Gasteiger partial charge in [-0.2, -0.15) is 13.2 Å². The van der Waals surface area contributed by atoms with Crippen molar-refractivity contribution in [1.29, 1.82) is 0 Å². The van der Waals surface area contributed by atoms with E-state index in [1.807, 2.05) is 0 Å². The molecule has 0 aromatic carbocycles. The number of nitrogens with two attached hydrogens (primary N) is 1. The molecule has 0 spiro atoms. The van der Waals surface area contributed by atoms with Crippen LogP contribution in [0.25, 0.3) is 0 Å². The highest BCUT2D eigenvalue weighted by atomic mass is 19.4. The second-order valence-electron chi connectivity index (χ2n) is 5.61. The first-order valence-electron chi connectivity index (χ1n) is 7.39. The number of halogens is 3. The van der Waals surface area contributed by atoms with Crippen LogP contribution in [-0.4, -0.2) is 38.1 Å². The molecule has 0 aromatic rings. The zero-order valence-electron chi connectivity index (χ0n) is 12.2. The summed E-state index contributed by atoms with van der Waals surface area (Å²) in [4.78, 5) is 0. The first-order chi connectivity index (χ1) is 9.41. The Hall–Kier alpha value is -0.330. The van der Waals surface area contributed by atoms with Gasteiger partial charge in [0.15, 0.2) is 0 Å². The van der Waals surface area contributed by atoms with Crippen molar-refractivity contribution in [3.63, 3.8) is 0 Å². The predicted octanol–water partition coefficient (Wildman–Crippen LogP) is 3.27. The van der Waals surface area contributed by atoms with Gasteiger partial charge in [-0.3, -0.25) is 0 Å². The summed E-state index contributed by atoms with van der Waals surface area (Å²) in [6, 6.07) is 0. The summed E-state index contributed by atoms with van der Waals surface area (Å²) in [5, 5.41) is 0. The van der Waals surface area contributed by atoms with Gasteiger partial charge in [-0.15, -0.1) is 0 Å². The van der Waals surface area contributed by atoms with E-state index in [1.165, 1.54) is 6.42 Å². The molecule has 3 nitrogen and oxygen atoms in total. The van der Waals surface area contributed by atoms with Gasteiger partial charge < -0.3 is 15.2 Å². The largest absolute Gasteiger partial charge is 0.411 e. The molecule has 0 unspecified atom stereocenters. The minimum absolute atomic E-state index is 0.0672. The Morgan fingerprint density at radius 2 is 1.85 bits per heavy atom. The van der Waals surface area contributed by atoms with E-state index in [9.17, 15) is 13.2 Å². The molecule has 0 heterocycles. The Balaban J connectivity index is 2.16. The van der Waals surface area contributed by atoms with Crippen molar-refractivity contribution in [3.8, 4) is 0 Å². The highest BCUT2D eigenvalue weighted by Gasteiger charge is 2.34. The second-order valence-corrected chi connectivity index (χ2v) is 5.61. The normalized spacial score (nSPS) is 27.8. The van der Waals surface area contributed by atoms with Crippen LogP contribution in [0.2, 0.25) is 0 Å². The van der Waals surface area contributed by atoms with E-state index in [1.54, 1.807) is 0 Å². The van der Waals surface area contributed by atoms with Crippen LogP contribution in [0.15, 0.2) is 0 Å². The van der Waals surface area contributed by atoms with E-state index >= 15 is 0 Å². The third-order valence-corrected chi connectivity index (χ3v) is 4.07. The van der Waals surface area contributed by atoms with E-state index in [2.05, 4.69) is 11.7 Å². The van der Waals surface area contributed by atoms with E-state index in [0.717, 1.165) is 31.6 Å². The summed E-state index contributed by atoms with van der Waals surface area (Å²) >= 11 is 0. The average molecular weight is 297 g/mol. The lowest BCUT2D eigenvalue weighted by Crippen LogP contribution is -2.44. The van der Waals surface area contributed by atoms with Crippen LogP contribution >= 0.6 is 0 Å². The topological polar surface area (TPSA) is 44.5 Å². The maximum atomic E-state index is 11.9. The van der Waals surface area contributed by atoms with E-state index in [4.69, 9.17) is 10.5 Å². The molecule has 0 amide bonds. The molecule has 0 bridgehead atoms. The van der Waals surface area contributed by atoms with Gasteiger partial charge in [0.2, 0.25) is 0 Å². The first kappa shape index (κ1) is 17.7. The maximum absolute atomic E-state index is 11.9. The van der Waals surface area contributed by atoms with Gasteiger partial charge in [0.1, 0.15) is 6.61 Å². The van der Waals surface area contributed by atoms with E-state index in [0.29, 0.717) is 19.6 Å². The minimum Gasteiger partial charge on any atom is -0.374 e. The molecule has 1 aliphatic rings. The number of rotatable bonds is 8. The van der Waals surface area contributed by atoms with Crippen molar-refractivity contribution >= 4 is 0 Å². The van der Waals surface area contributed by atoms with Crippen LogP contribution in [0.1, 0.15) is 45.4 Å². The van der Waals surface area contributed by atoms with Gasteiger partial charge in [0.25, 0.3) is 0 Å². The molecule has 0 aliphatic heterocycles. The number of alkyl halides is 3. The molecular weight excluding hydrogens is 271 g/mol. The van der Waals surface area contributed by atoms with Crippen LogP contribution in [0.4, 0.5) is 13.2 Å². The fourth-order valence-corrected chi connectivity index (χ4v) is 2.66. The van der Waals surface area contributed by atoms with Crippen molar-refractivity contribution in [3.05, 3.63) is 0 Å². The van der Waals surface area contributed by atoms with Gasteiger partial charge in [0, 0.05) is 19.8 Å². The number of hydrogen-bond donors (Lipinski definition) is 1. The molecule has 0 radical (unpaired) electrons. The lowest BCUT2D eigenvalue weighted by molar-refractivity contribution is -0.175. The summed E-state index contributed by atoms with van der Waals surface area (Å²) in [5.74, 6) is 0.758. The van der Waals surface area contributed by atoms with Gasteiger partial charge in [-0.1, -0.05) is 13.3 Å². The summed E-state index contributed by atoms with van der Waals surface area (Å²) in [6.45, 7) is 1.96. The van der Waals surface area contributed by atoms with Crippen LogP contribution in [-0.2, 0) is 9.47 Å². The number of ether oxygens (including phenoxy) is 2. The maximum Gasteiger partial charge on any atom is 0.411 e. The molecule has 0 atom stereocenters. The summed E-state index contributed by atoms with van der Waals surface area (Å²) in [6.07, 6.45) is 1.55. The fourth-order valence-electron chi connectivity index (χ4n) is 2.66. The quantitative estimate of drug-likeness (QED) is 0.699. The molecule has 1 aliphatic carbocycles. The fraction of sp³-hybridized carbons (Fsp3) is 1.00. The van der Waals surface area contributed by atoms with Crippen LogP contribution in [0.5, 0.6) is 0 Å². The Kier molecular flexibility index (Phi) is 7.26. The van der Waals surface area contributed by atoms with Gasteiger partial charge in [-0.05, 0) is 38.0 Å². The van der Waals surface area contributed by atoms with E-state index in [-0.39, 0.29) is 12.2 Å². The minimum atomic E-state index is -4.25. The van der Waals surface area contributed by atoms with Crippen LogP contribution < -0.4 is 5.73 Å². The molecule has 0 aromatic heterocycles. The van der Waals surface area contributed by atoms with Gasteiger partial charge >= 0.3 is 6.18 Å². The summed E-state index contributed by atoms with van der Waals surface area (Å²) in [5.41, 5.74) is 5.55. The molecule has 1 saturated carbocycles. The van der Waals surface area contributed by atoms with Crippen molar-refractivity contribution < 1.29 is 22.6 Å². The Morgan fingerprint density at radius 3 is 2.35 bits per heavy atom. The lowest BCUT2D eigenvalue weighted by atomic mass is 9.77. The molecule has 1 rings (SSSR count). The average Bonchev–Trinajstić information content (AvgIpc) is 2.42. The van der Waals surface area contributed by atoms with Crippen LogP contribution in [0, 0.1) is 5.92 Å². The molecule has 6 heteroatoms. The SMILES string of the molecule is CCC1CCC(CN)(OCCCOCC(F)(F)F)CC1. The summed E-state index contributed by atoms with van der Waals surface area (Å²) < 4.78 is 46.0. The standard InChI is InChI=1S/C14H26F3NO2/c1-2-12-4-6-13(10-18,7-5-12)20-9-3-8-19-11-14(15,16)17/h12H,2-11,18H2,1H3. The molecule has 120 valence electrons. The zero-order valence-corrected chi connectivity index (χ0v) is 12.2. The third-order valence-electron chi connectivity index (χ3n) is 4.07. The summed E-state index contributed by atoms with van der Waals surface area (Å²) in [7, 11) is 0. The monoisotopic (exact) mass is 297 g/mol. The zero-order chi connectivity index (χ0) is 15.1. The Morgan fingerprint density at radius 1 is 1.20 bits per heavy atom. The van der Waals surface area contributed by atoms with Crippen molar-refractivity contribution in [2.45, 2.75) is 57.2 Å². The predicted molar refractivity (Wildman–Crippen MR) is 71.5 cm³/mol. The van der Waals surface area contributed by atoms with Gasteiger partial charge in [0.05, 0.1) is 5.60 Å². The Bertz CT molecular complexity index is 264. The highest BCUT2D eigenvalue weighted by molar-refractivity contribution is 4.88. The van der Waals surface area contributed by atoms with Crippen molar-refractivity contribution in [2.24, 2.45) is 11.7 Å². The van der Waals surface area contributed by atoms with Gasteiger partial charge in [-0.25, -0.2) is 0 Å². The highest BCUT2D eigenvalue weighted by Crippen LogP contribution is 2.35. The smallest absolute Gasteiger partial charge is 0.374 e. The lowest BCUT2D eigenvalue weighted by Gasteiger charge is -2.39. The second kappa shape index (κ2) is 8.20. The number of hydrogen-bond acceptors (Lipinski definition) is 3. The molecular formula is C14H26F3NO2. The Labute approximate surface area is 119 Å².